The summed E-state index contributed by atoms with van der Waals surface area (Å²) in [5.74, 6) is 5.54. The standard InChI is InChI=1S/C27H31BrO5/c1-3-4-6-9-18(2)25(29)23(28)15-21-22-17-27(31-12-13-32-27)16-20(22)14-24(21)33-26(30)19-10-7-5-8-11-19/h5,7-8,10-11,15,18,20-22,24H,3,9,12-14,16-17H2,1-2H3/t18-,20-,21-,22+,24-/m1/s1. The fourth-order valence-corrected chi connectivity index (χ4v) is 6.10. The van der Waals surface area contributed by atoms with Gasteiger partial charge >= 0.3 is 5.97 Å². The fraction of sp³-hybridized carbons (Fsp3) is 0.556. The van der Waals surface area contributed by atoms with Crippen molar-refractivity contribution in [3.63, 3.8) is 0 Å². The second-order valence-electron chi connectivity index (χ2n) is 9.25. The first-order chi connectivity index (χ1) is 15.9. The molecule has 2 saturated carbocycles. The van der Waals surface area contributed by atoms with Crippen LogP contribution in [0.1, 0.15) is 56.3 Å². The second-order valence-corrected chi connectivity index (χ2v) is 10.1. The molecule has 0 aromatic heterocycles. The van der Waals surface area contributed by atoms with Gasteiger partial charge in [-0.15, -0.1) is 11.8 Å². The molecule has 176 valence electrons. The van der Waals surface area contributed by atoms with Crippen molar-refractivity contribution >= 4 is 27.7 Å². The number of carbonyl (C=O) groups is 2. The monoisotopic (exact) mass is 514 g/mol. The smallest absolute Gasteiger partial charge is 0.338 e. The molecule has 1 aromatic carbocycles. The summed E-state index contributed by atoms with van der Waals surface area (Å²) in [5.41, 5.74) is 0.537. The molecule has 1 aliphatic heterocycles. The lowest BCUT2D eigenvalue weighted by Crippen LogP contribution is -2.31. The van der Waals surface area contributed by atoms with Gasteiger partial charge in [0.2, 0.25) is 0 Å². The molecule has 6 heteroatoms. The summed E-state index contributed by atoms with van der Waals surface area (Å²) in [4.78, 5) is 25.8. The van der Waals surface area contributed by atoms with E-state index in [1.54, 1.807) is 12.1 Å². The highest BCUT2D eigenvalue weighted by Gasteiger charge is 2.57. The molecule has 5 nitrogen and oxygen atoms in total. The van der Waals surface area contributed by atoms with Crippen molar-refractivity contribution in [2.24, 2.45) is 23.7 Å². The molecule has 0 unspecified atom stereocenters. The van der Waals surface area contributed by atoms with E-state index >= 15 is 0 Å². The number of rotatable bonds is 6. The van der Waals surface area contributed by atoms with Crippen molar-refractivity contribution in [2.45, 2.75) is 57.8 Å². The number of allylic oxidation sites excluding steroid dienone is 1. The molecule has 5 atom stereocenters. The van der Waals surface area contributed by atoms with Gasteiger partial charge in [0.25, 0.3) is 0 Å². The van der Waals surface area contributed by atoms with Crippen LogP contribution >= 0.6 is 15.9 Å². The van der Waals surface area contributed by atoms with E-state index in [0.29, 0.717) is 35.6 Å². The minimum atomic E-state index is -0.519. The molecule has 0 N–H and O–H groups in total. The van der Waals surface area contributed by atoms with Gasteiger partial charge in [-0.25, -0.2) is 4.79 Å². The Morgan fingerprint density at radius 3 is 2.64 bits per heavy atom. The molecule has 0 radical (unpaired) electrons. The Hall–Kier alpha value is -1.94. The number of fused-ring (bicyclic) bond motifs is 1. The highest BCUT2D eigenvalue weighted by atomic mass is 79.9. The molecule has 0 bridgehead atoms. The Kier molecular flexibility index (Phi) is 7.73. The summed E-state index contributed by atoms with van der Waals surface area (Å²) in [7, 11) is 0. The van der Waals surface area contributed by atoms with Crippen LogP contribution in [0.25, 0.3) is 0 Å². The molecule has 3 fully saturated rings. The van der Waals surface area contributed by atoms with E-state index in [9.17, 15) is 9.59 Å². The normalized spacial score (nSPS) is 28.8. The minimum absolute atomic E-state index is 0.0260. The van der Waals surface area contributed by atoms with Crippen molar-refractivity contribution in [2.75, 3.05) is 13.2 Å². The third-order valence-electron chi connectivity index (χ3n) is 7.00. The van der Waals surface area contributed by atoms with Gasteiger partial charge in [-0.1, -0.05) is 38.1 Å². The molecule has 1 spiro atoms. The summed E-state index contributed by atoms with van der Waals surface area (Å²) < 4.78 is 18.5. The number of hydrogen-bond acceptors (Lipinski definition) is 5. The molecular weight excluding hydrogens is 484 g/mol. The number of benzene rings is 1. The largest absolute Gasteiger partial charge is 0.458 e. The number of esters is 1. The maximum Gasteiger partial charge on any atom is 0.338 e. The number of ether oxygens (including phenoxy) is 3. The van der Waals surface area contributed by atoms with Crippen molar-refractivity contribution in [3.05, 3.63) is 46.5 Å². The maximum atomic E-state index is 13.0. The van der Waals surface area contributed by atoms with E-state index in [4.69, 9.17) is 14.2 Å². The number of halogens is 1. The van der Waals surface area contributed by atoms with Gasteiger partial charge < -0.3 is 14.2 Å². The molecule has 4 rings (SSSR count). The zero-order chi connectivity index (χ0) is 23.4. The van der Waals surface area contributed by atoms with Crippen LogP contribution < -0.4 is 0 Å². The third-order valence-corrected chi connectivity index (χ3v) is 7.65. The highest BCUT2D eigenvalue weighted by Crippen LogP contribution is 2.55. The molecule has 2 aliphatic carbocycles. The molecule has 0 amide bonds. The number of ketones is 1. The predicted molar refractivity (Wildman–Crippen MR) is 128 cm³/mol. The van der Waals surface area contributed by atoms with E-state index in [2.05, 4.69) is 27.8 Å². The zero-order valence-electron chi connectivity index (χ0n) is 19.2. The van der Waals surface area contributed by atoms with E-state index in [0.717, 1.165) is 25.7 Å². The van der Waals surface area contributed by atoms with Crippen LogP contribution in [0.15, 0.2) is 40.9 Å². The van der Waals surface area contributed by atoms with Crippen LogP contribution in [0, 0.1) is 35.5 Å². The first kappa shape index (κ1) is 24.2. The lowest BCUT2D eigenvalue weighted by atomic mass is 9.89. The first-order valence-corrected chi connectivity index (χ1v) is 12.6. The van der Waals surface area contributed by atoms with Crippen molar-refractivity contribution in [1.29, 1.82) is 0 Å². The lowest BCUT2D eigenvalue weighted by molar-refractivity contribution is -0.157. The van der Waals surface area contributed by atoms with Crippen molar-refractivity contribution < 1.29 is 23.8 Å². The Bertz CT molecular complexity index is 954. The zero-order valence-corrected chi connectivity index (χ0v) is 20.8. The Balaban J connectivity index is 1.53. The van der Waals surface area contributed by atoms with Gasteiger partial charge in [0.05, 0.1) is 23.3 Å². The van der Waals surface area contributed by atoms with Crippen molar-refractivity contribution in [1.82, 2.24) is 0 Å². The van der Waals surface area contributed by atoms with Crippen molar-refractivity contribution in [3.8, 4) is 11.8 Å². The highest BCUT2D eigenvalue weighted by molar-refractivity contribution is 9.12. The van der Waals surface area contributed by atoms with E-state index in [1.165, 1.54) is 0 Å². The fourth-order valence-electron chi connectivity index (χ4n) is 5.40. The third kappa shape index (κ3) is 5.42. The summed E-state index contributed by atoms with van der Waals surface area (Å²) in [5, 5.41) is 0. The number of carbonyl (C=O) groups excluding carboxylic acids is 2. The molecule has 1 saturated heterocycles. The summed E-state index contributed by atoms with van der Waals surface area (Å²) in [6.07, 6.45) is 5.29. The number of hydrogen-bond donors (Lipinski definition) is 0. The van der Waals surface area contributed by atoms with Gasteiger partial charge in [-0.2, -0.15) is 0 Å². The van der Waals surface area contributed by atoms with Gasteiger partial charge in [0.1, 0.15) is 6.10 Å². The Labute approximate surface area is 204 Å². The quantitative estimate of drug-likeness (QED) is 0.293. The van der Waals surface area contributed by atoms with Gasteiger partial charge in [0, 0.05) is 37.5 Å². The molecule has 1 heterocycles. The van der Waals surface area contributed by atoms with Gasteiger partial charge in [0.15, 0.2) is 11.6 Å². The van der Waals surface area contributed by atoms with Crippen LogP contribution in [0.4, 0.5) is 0 Å². The van der Waals surface area contributed by atoms with E-state index in [1.807, 2.05) is 38.1 Å². The summed E-state index contributed by atoms with van der Waals surface area (Å²) in [6, 6.07) is 9.05. The average Bonchev–Trinajstić information content (AvgIpc) is 3.50. The van der Waals surface area contributed by atoms with E-state index in [-0.39, 0.29) is 35.6 Å². The topological polar surface area (TPSA) is 61.8 Å². The minimum Gasteiger partial charge on any atom is -0.458 e. The predicted octanol–water partition coefficient (Wildman–Crippen LogP) is 5.29. The Morgan fingerprint density at radius 2 is 1.94 bits per heavy atom. The van der Waals surface area contributed by atoms with Crippen LogP contribution in [-0.4, -0.2) is 36.9 Å². The van der Waals surface area contributed by atoms with Crippen LogP contribution in [-0.2, 0) is 19.0 Å². The molecular formula is C27H31BrO5. The first-order valence-electron chi connectivity index (χ1n) is 11.8. The van der Waals surface area contributed by atoms with Gasteiger partial charge in [-0.05, 0) is 46.3 Å². The van der Waals surface area contributed by atoms with E-state index < -0.39 is 5.79 Å². The maximum absolute atomic E-state index is 13.0. The van der Waals surface area contributed by atoms with Crippen LogP contribution in [0.2, 0.25) is 0 Å². The molecule has 3 aliphatic rings. The number of Topliss-reactive ketones (excluding diaryl/α,β-unsaturated/α-hetero) is 1. The molecule has 33 heavy (non-hydrogen) atoms. The summed E-state index contributed by atoms with van der Waals surface area (Å²) >= 11 is 3.53. The summed E-state index contributed by atoms with van der Waals surface area (Å²) in [6.45, 7) is 5.13. The Morgan fingerprint density at radius 1 is 1.21 bits per heavy atom. The molecule has 1 aromatic rings. The lowest BCUT2D eigenvalue weighted by Gasteiger charge is -2.27. The average molecular weight is 515 g/mol. The van der Waals surface area contributed by atoms with Crippen LogP contribution in [0.3, 0.4) is 0 Å². The van der Waals surface area contributed by atoms with Crippen LogP contribution in [0.5, 0.6) is 0 Å². The second kappa shape index (κ2) is 10.5. The SMILES string of the molecule is CCC#CC[C@@H](C)C(=O)C(Br)=C[C@@H]1[C@H]2CC3(C[C@H]2C[C@H]1OC(=O)c1ccccc1)OCCO3. The van der Waals surface area contributed by atoms with Gasteiger partial charge in [-0.3, -0.25) is 4.79 Å².